The van der Waals surface area contributed by atoms with E-state index in [9.17, 15) is 14.4 Å². The van der Waals surface area contributed by atoms with E-state index in [1.54, 1.807) is 11.8 Å². The van der Waals surface area contributed by atoms with Gasteiger partial charge in [0, 0.05) is 43.8 Å². The molecule has 0 radical (unpaired) electrons. The summed E-state index contributed by atoms with van der Waals surface area (Å²) in [6, 6.07) is -0.415. The van der Waals surface area contributed by atoms with E-state index in [2.05, 4.69) is 5.32 Å². The summed E-state index contributed by atoms with van der Waals surface area (Å²) in [6.07, 6.45) is 2.37. The molecule has 134 valence electrons. The van der Waals surface area contributed by atoms with Crippen LogP contribution in [0.5, 0.6) is 0 Å². The summed E-state index contributed by atoms with van der Waals surface area (Å²) in [5.74, 6) is 0.834. The van der Waals surface area contributed by atoms with Crippen LogP contribution in [-0.2, 0) is 14.4 Å². The number of nitrogens with zero attached hydrogens (tertiary/aromatic N) is 2. The van der Waals surface area contributed by atoms with Gasteiger partial charge in [0.15, 0.2) is 0 Å². The molecular formula is C17H27N3O3S. The number of amides is 3. The van der Waals surface area contributed by atoms with Crippen molar-refractivity contribution in [2.75, 3.05) is 31.9 Å². The number of rotatable bonds is 2. The van der Waals surface area contributed by atoms with Crippen LogP contribution in [0.4, 0.5) is 0 Å². The van der Waals surface area contributed by atoms with Crippen molar-refractivity contribution in [3.8, 4) is 0 Å². The molecule has 3 rings (SSSR count). The third-order valence-corrected chi connectivity index (χ3v) is 7.09. The molecule has 0 aromatic carbocycles. The molecule has 0 aromatic rings. The molecule has 1 N–H and O–H groups in total. The smallest absolute Gasteiger partial charge is 0.246 e. The molecule has 3 fully saturated rings. The fourth-order valence-corrected chi connectivity index (χ4v) is 4.89. The zero-order valence-corrected chi connectivity index (χ0v) is 15.6. The average molecular weight is 353 g/mol. The Kier molecular flexibility index (Phi) is 4.57. The zero-order chi connectivity index (χ0) is 17.5. The van der Waals surface area contributed by atoms with Crippen molar-refractivity contribution >= 4 is 29.5 Å². The average Bonchev–Trinajstić information content (AvgIpc) is 2.85. The lowest BCUT2D eigenvalue weighted by molar-refractivity contribution is -0.138. The summed E-state index contributed by atoms with van der Waals surface area (Å²) < 4.78 is -0.462. The van der Waals surface area contributed by atoms with Crippen LogP contribution in [0.15, 0.2) is 0 Å². The molecule has 0 saturated carbocycles. The number of thioether (sulfide) groups is 1. The molecule has 6 nitrogen and oxygen atoms in total. The number of piperidine rings is 1. The van der Waals surface area contributed by atoms with Gasteiger partial charge in [0.1, 0.15) is 6.04 Å². The molecule has 0 aliphatic carbocycles. The van der Waals surface area contributed by atoms with Gasteiger partial charge in [0.05, 0.1) is 4.75 Å². The summed E-state index contributed by atoms with van der Waals surface area (Å²) in [6.45, 7) is 8.75. The van der Waals surface area contributed by atoms with Crippen LogP contribution in [-0.4, -0.2) is 70.2 Å². The SMILES string of the molecule is CCN1CC2(CCN(C(=O)[C@H]3CSC(C)(C)C(=O)N3)CC2)CC1=O. The molecule has 24 heavy (non-hydrogen) atoms. The Morgan fingerprint density at radius 2 is 1.96 bits per heavy atom. The second kappa shape index (κ2) is 6.24. The minimum absolute atomic E-state index is 0.0258. The standard InChI is InChI=1S/C17H27N3O3S/c1-4-19-11-17(9-13(19)21)5-7-20(8-6-17)14(22)12-10-24-16(2,3)15(23)18-12/h12H,4-11H2,1-3H3,(H,18,23)/t12-/m1/s1. The molecule has 3 saturated heterocycles. The van der Waals surface area contributed by atoms with E-state index >= 15 is 0 Å². The monoisotopic (exact) mass is 353 g/mol. The summed E-state index contributed by atoms with van der Waals surface area (Å²) in [5, 5.41) is 2.87. The van der Waals surface area contributed by atoms with Gasteiger partial charge in [0.2, 0.25) is 17.7 Å². The van der Waals surface area contributed by atoms with Gasteiger partial charge in [-0.15, -0.1) is 11.8 Å². The molecule has 0 aromatic heterocycles. The van der Waals surface area contributed by atoms with E-state index < -0.39 is 10.8 Å². The Labute approximate surface area is 147 Å². The number of carbonyl (C=O) groups excluding carboxylic acids is 3. The molecule has 1 atom stereocenters. The summed E-state index contributed by atoms with van der Waals surface area (Å²) in [4.78, 5) is 40.6. The van der Waals surface area contributed by atoms with E-state index in [1.165, 1.54) is 0 Å². The molecule has 0 unspecified atom stereocenters. The predicted octanol–water partition coefficient (Wildman–Crippen LogP) is 0.858. The van der Waals surface area contributed by atoms with Gasteiger partial charge in [-0.1, -0.05) is 0 Å². The number of nitrogens with one attached hydrogen (secondary N) is 1. The fraction of sp³-hybridized carbons (Fsp3) is 0.824. The minimum atomic E-state index is -0.462. The van der Waals surface area contributed by atoms with Crippen molar-refractivity contribution in [1.29, 1.82) is 0 Å². The topological polar surface area (TPSA) is 69.7 Å². The van der Waals surface area contributed by atoms with Crippen molar-refractivity contribution < 1.29 is 14.4 Å². The number of carbonyl (C=O) groups is 3. The molecule has 3 aliphatic heterocycles. The van der Waals surface area contributed by atoms with Crippen LogP contribution in [0.2, 0.25) is 0 Å². The highest BCUT2D eigenvalue weighted by Crippen LogP contribution is 2.41. The lowest BCUT2D eigenvalue weighted by Gasteiger charge is -2.41. The Balaban J connectivity index is 1.56. The number of hydrogen-bond donors (Lipinski definition) is 1. The van der Waals surface area contributed by atoms with Crippen LogP contribution in [0.25, 0.3) is 0 Å². The van der Waals surface area contributed by atoms with Gasteiger partial charge in [-0.25, -0.2) is 0 Å². The normalized spacial score (nSPS) is 29.0. The summed E-state index contributed by atoms with van der Waals surface area (Å²) in [7, 11) is 0. The lowest BCUT2D eigenvalue weighted by Crippen LogP contribution is -2.59. The summed E-state index contributed by atoms with van der Waals surface area (Å²) in [5.41, 5.74) is 0.0520. The van der Waals surface area contributed by atoms with Crippen molar-refractivity contribution in [3.05, 3.63) is 0 Å². The second-order valence-corrected chi connectivity index (χ2v) is 9.40. The molecule has 0 bridgehead atoms. The van der Waals surface area contributed by atoms with Crippen molar-refractivity contribution in [2.24, 2.45) is 5.41 Å². The number of hydrogen-bond acceptors (Lipinski definition) is 4. The van der Waals surface area contributed by atoms with Crippen molar-refractivity contribution in [1.82, 2.24) is 15.1 Å². The largest absolute Gasteiger partial charge is 0.342 e. The quantitative estimate of drug-likeness (QED) is 0.799. The van der Waals surface area contributed by atoms with Crippen LogP contribution in [0.3, 0.4) is 0 Å². The fourth-order valence-electron chi connectivity index (χ4n) is 3.89. The Bertz CT molecular complexity index is 555. The van der Waals surface area contributed by atoms with E-state index in [4.69, 9.17) is 0 Å². The maximum absolute atomic E-state index is 12.7. The maximum atomic E-state index is 12.7. The first kappa shape index (κ1) is 17.6. The minimum Gasteiger partial charge on any atom is -0.342 e. The van der Waals surface area contributed by atoms with E-state index in [1.807, 2.05) is 30.6 Å². The van der Waals surface area contributed by atoms with Gasteiger partial charge in [-0.3, -0.25) is 14.4 Å². The summed E-state index contributed by atoms with van der Waals surface area (Å²) >= 11 is 1.54. The lowest BCUT2D eigenvalue weighted by atomic mass is 9.77. The first-order valence-electron chi connectivity index (χ1n) is 8.78. The maximum Gasteiger partial charge on any atom is 0.246 e. The molecular weight excluding hydrogens is 326 g/mol. The second-order valence-electron chi connectivity index (χ2n) is 7.76. The zero-order valence-electron chi connectivity index (χ0n) is 14.8. The number of likely N-dealkylation sites (tertiary alicyclic amines) is 2. The van der Waals surface area contributed by atoms with Crippen molar-refractivity contribution in [3.63, 3.8) is 0 Å². The van der Waals surface area contributed by atoms with Crippen molar-refractivity contribution in [2.45, 2.75) is 50.8 Å². The van der Waals surface area contributed by atoms with E-state index in [0.29, 0.717) is 25.3 Å². The Morgan fingerprint density at radius 3 is 2.50 bits per heavy atom. The van der Waals surface area contributed by atoms with Gasteiger partial charge in [-0.2, -0.15) is 0 Å². The van der Waals surface area contributed by atoms with Gasteiger partial charge < -0.3 is 15.1 Å². The Morgan fingerprint density at radius 1 is 1.29 bits per heavy atom. The Hall–Kier alpha value is -1.24. The van der Waals surface area contributed by atoms with Crippen LogP contribution >= 0.6 is 11.8 Å². The van der Waals surface area contributed by atoms with E-state index in [0.717, 1.165) is 25.9 Å². The van der Waals surface area contributed by atoms with E-state index in [-0.39, 0.29) is 23.1 Å². The van der Waals surface area contributed by atoms with Gasteiger partial charge in [-0.05, 0) is 33.6 Å². The highest BCUT2D eigenvalue weighted by atomic mass is 32.2. The molecule has 1 spiro atoms. The van der Waals surface area contributed by atoms with Gasteiger partial charge in [0.25, 0.3) is 0 Å². The molecule has 3 amide bonds. The first-order valence-corrected chi connectivity index (χ1v) is 9.76. The van der Waals surface area contributed by atoms with Crippen LogP contribution in [0.1, 0.15) is 40.0 Å². The third kappa shape index (κ3) is 3.15. The van der Waals surface area contributed by atoms with Crippen LogP contribution < -0.4 is 5.32 Å². The van der Waals surface area contributed by atoms with Gasteiger partial charge >= 0.3 is 0 Å². The first-order chi connectivity index (χ1) is 11.3. The predicted molar refractivity (Wildman–Crippen MR) is 93.6 cm³/mol. The van der Waals surface area contributed by atoms with Crippen LogP contribution in [0, 0.1) is 5.41 Å². The highest BCUT2D eigenvalue weighted by molar-refractivity contribution is 8.01. The highest BCUT2D eigenvalue weighted by Gasteiger charge is 2.46. The molecule has 7 heteroatoms. The molecule has 3 heterocycles. The molecule has 3 aliphatic rings. The third-order valence-electron chi connectivity index (χ3n) is 5.68.